The normalized spacial score (nSPS) is 11.6. The van der Waals surface area contributed by atoms with Gasteiger partial charge in [-0.2, -0.15) is 0 Å². The molecule has 0 saturated heterocycles. The van der Waals surface area contributed by atoms with Gasteiger partial charge in [0.2, 0.25) is 0 Å². The van der Waals surface area contributed by atoms with E-state index in [1.807, 2.05) is 0 Å². The molecule has 0 fully saturated rings. The largest absolute Gasteiger partial charge is 0.494 e. The van der Waals surface area contributed by atoms with Gasteiger partial charge in [-0.15, -0.1) is 0 Å². The summed E-state index contributed by atoms with van der Waals surface area (Å²) in [6.07, 6.45) is 0. The van der Waals surface area contributed by atoms with Crippen LogP contribution in [0.1, 0.15) is 19.4 Å². The smallest absolute Gasteiger partial charge is 0.170 e. The molecule has 0 unspecified atom stereocenters. The minimum absolute atomic E-state index is 0.106. The molecule has 0 aliphatic carbocycles. The summed E-state index contributed by atoms with van der Waals surface area (Å²) in [6.45, 7) is 3.20. The Kier molecular flexibility index (Phi) is 2.76. The molecule has 0 atom stereocenters. The fourth-order valence-corrected chi connectivity index (χ4v) is 1.18. The molecule has 0 spiro atoms. The van der Waals surface area contributed by atoms with Crippen LogP contribution in [0.2, 0.25) is 0 Å². The number of hydrogen-bond acceptors (Lipinski definition) is 2. The maximum atomic E-state index is 13.6. The highest BCUT2D eigenvalue weighted by Crippen LogP contribution is 2.28. The van der Waals surface area contributed by atoms with Crippen molar-refractivity contribution < 1.29 is 13.5 Å². The van der Waals surface area contributed by atoms with Crippen LogP contribution in [-0.4, -0.2) is 7.11 Å². The van der Waals surface area contributed by atoms with Crippen molar-refractivity contribution in [2.75, 3.05) is 7.11 Å². The maximum Gasteiger partial charge on any atom is 0.170 e. The van der Waals surface area contributed by atoms with Gasteiger partial charge in [0.15, 0.2) is 11.6 Å². The molecule has 1 aromatic rings. The van der Waals surface area contributed by atoms with Gasteiger partial charge in [0, 0.05) is 17.2 Å². The third-order valence-corrected chi connectivity index (χ3v) is 1.92. The summed E-state index contributed by atoms with van der Waals surface area (Å²) >= 11 is 0. The van der Waals surface area contributed by atoms with E-state index in [0.29, 0.717) is 0 Å². The number of ether oxygens (including phenoxy) is 1. The molecule has 0 bridgehead atoms. The van der Waals surface area contributed by atoms with Gasteiger partial charge in [-0.05, 0) is 19.9 Å². The van der Waals surface area contributed by atoms with Gasteiger partial charge in [0.1, 0.15) is 5.82 Å². The minimum Gasteiger partial charge on any atom is -0.494 e. The zero-order valence-corrected chi connectivity index (χ0v) is 8.40. The fourth-order valence-electron chi connectivity index (χ4n) is 1.18. The monoisotopic (exact) mass is 201 g/mol. The van der Waals surface area contributed by atoms with Crippen molar-refractivity contribution in [3.8, 4) is 5.75 Å². The van der Waals surface area contributed by atoms with Gasteiger partial charge in [-0.1, -0.05) is 0 Å². The standard InChI is InChI=1S/C10H13F2NO/c1-10(2,13)7-4-6(11)5-8(14-3)9(7)12/h4-5H,13H2,1-3H3. The average molecular weight is 201 g/mol. The number of nitrogens with two attached hydrogens (primary N) is 1. The summed E-state index contributed by atoms with van der Waals surface area (Å²) < 4.78 is 31.3. The Labute approximate surface area is 81.7 Å². The van der Waals surface area contributed by atoms with Crippen LogP contribution in [0.5, 0.6) is 5.75 Å². The van der Waals surface area contributed by atoms with E-state index in [0.717, 1.165) is 12.1 Å². The lowest BCUT2D eigenvalue weighted by atomic mass is 9.94. The molecular formula is C10H13F2NO. The van der Waals surface area contributed by atoms with Gasteiger partial charge < -0.3 is 10.5 Å². The molecule has 0 aromatic heterocycles. The lowest BCUT2D eigenvalue weighted by Gasteiger charge is -2.20. The highest BCUT2D eigenvalue weighted by atomic mass is 19.1. The molecule has 1 rings (SSSR count). The first kappa shape index (κ1) is 10.9. The molecule has 0 aliphatic rings. The second-order valence-electron chi connectivity index (χ2n) is 3.69. The van der Waals surface area contributed by atoms with Gasteiger partial charge >= 0.3 is 0 Å². The van der Waals surface area contributed by atoms with Gasteiger partial charge in [-0.25, -0.2) is 8.78 Å². The zero-order valence-electron chi connectivity index (χ0n) is 8.40. The predicted octanol–water partition coefficient (Wildman–Crippen LogP) is 2.17. The number of halogens is 2. The van der Waals surface area contributed by atoms with Crippen LogP contribution in [0.25, 0.3) is 0 Å². The molecule has 0 amide bonds. The van der Waals surface area contributed by atoms with Crippen LogP contribution in [0, 0.1) is 11.6 Å². The molecule has 0 saturated carbocycles. The lowest BCUT2D eigenvalue weighted by Crippen LogP contribution is -2.30. The van der Waals surface area contributed by atoms with E-state index in [1.165, 1.54) is 7.11 Å². The highest BCUT2D eigenvalue weighted by molar-refractivity contribution is 5.35. The van der Waals surface area contributed by atoms with Gasteiger partial charge in [0.05, 0.1) is 7.11 Å². The van der Waals surface area contributed by atoms with Crippen molar-refractivity contribution in [1.29, 1.82) is 0 Å². The summed E-state index contributed by atoms with van der Waals surface area (Å²) in [5.41, 5.74) is 4.86. The highest BCUT2D eigenvalue weighted by Gasteiger charge is 2.22. The SMILES string of the molecule is COc1cc(F)cc(C(C)(C)N)c1F. The molecule has 14 heavy (non-hydrogen) atoms. The van der Waals surface area contributed by atoms with Crippen molar-refractivity contribution in [3.05, 3.63) is 29.3 Å². The fraction of sp³-hybridized carbons (Fsp3) is 0.400. The average Bonchev–Trinajstić information content (AvgIpc) is 2.06. The van der Waals surface area contributed by atoms with E-state index in [9.17, 15) is 8.78 Å². The summed E-state index contributed by atoms with van der Waals surface area (Å²) in [6, 6.07) is 2.07. The predicted molar refractivity (Wildman–Crippen MR) is 50.1 cm³/mol. The Morgan fingerprint density at radius 1 is 1.29 bits per heavy atom. The second kappa shape index (κ2) is 3.53. The maximum absolute atomic E-state index is 13.6. The molecule has 2 nitrogen and oxygen atoms in total. The zero-order chi connectivity index (χ0) is 10.9. The first-order chi connectivity index (χ1) is 6.36. The van der Waals surface area contributed by atoms with Crippen LogP contribution >= 0.6 is 0 Å². The Bertz CT molecular complexity index is 345. The van der Waals surface area contributed by atoms with E-state index in [2.05, 4.69) is 0 Å². The summed E-state index contributed by atoms with van der Waals surface area (Å²) in [5, 5.41) is 0. The molecule has 0 aliphatic heterocycles. The van der Waals surface area contributed by atoms with Crippen LogP contribution < -0.4 is 10.5 Å². The summed E-state index contributed by atoms with van der Waals surface area (Å²) in [7, 11) is 1.28. The van der Waals surface area contributed by atoms with Gasteiger partial charge in [-0.3, -0.25) is 0 Å². The quantitative estimate of drug-likeness (QED) is 0.795. The van der Waals surface area contributed by atoms with E-state index in [4.69, 9.17) is 10.5 Å². The van der Waals surface area contributed by atoms with Crippen molar-refractivity contribution in [1.82, 2.24) is 0 Å². The number of methoxy groups -OCH3 is 1. The number of benzene rings is 1. The number of rotatable bonds is 2. The molecule has 78 valence electrons. The summed E-state index contributed by atoms with van der Waals surface area (Å²) in [5.74, 6) is -1.29. The molecule has 4 heteroatoms. The van der Waals surface area contributed by atoms with Crippen molar-refractivity contribution >= 4 is 0 Å². The summed E-state index contributed by atoms with van der Waals surface area (Å²) in [4.78, 5) is 0. The molecule has 1 aromatic carbocycles. The Hall–Kier alpha value is -1.16. The minimum atomic E-state index is -0.931. The third kappa shape index (κ3) is 2.01. The first-order valence-corrected chi connectivity index (χ1v) is 4.18. The number of hydrogen-bond donors (Lipinski definition) is 1. The van der Waals surface area contributed by atoms with E-state index in [1.54, 1.807) is 13.8 Å². The Morgan fingerprint density at radius 3 is 2.29 bits per heavy atom. The Balaban J connectivity index is 3.37. The van der Waals surface area contributed by atoms with Crippen LogP contribution in [0.4, 0.5) is 8.78 Å². The van der Waals surface area contributed by atoms with Crippen LogP contribution in [0.15, 0.2) is 12.1 Å². The van der Waals surface area contributed by atoms with Crippen LogP contribution in [-0.2, 0) is 5.54 Å². The van der Waals surface area contributed by atoms with E-state index < -0.39 is 17.2 Å². The first-order valence-electron chi connectivity index (χ1n) is 4.18. The topological polar surface area (TPSA) is 35.2 Å². The molecular weight excluding hydrogens is 188 g/mol. The Morgan fingerprint density at radius 2 is 1.86 bits per heavy atom. The van der Waals surface area contributed by atoms with Crippen molar-refractivity contribution in [2.45, 2.75) is 19.4 Å². The third-order valence-electron chi connectivity index (χ3n) is 1.92. The molecule has 2 N–H and O–H groups in total. The molecule has 0 radical (unpaired) electrons. The molecule has 0 heterocycles. The van der Waals surface area contributed by atoms with Gasteiger partial charge in [0.25, 0.3) is 0 Å². The van der Waals surface area contributed by atoms with Crippen molar-refractivity contribution in [2.24, 2.45) is 5.73 Å². The van der Waals surface area contributed by atoms with Crippen LogP contribution in [0.3, 0.4) is 0 Å². The van der Waals surface area contributed by atoms with Crippen molar-refractivity contribution in [3.63, 3.8) is 0 Å². The lowest BCUT2D eigenvalue weighted by molar-refractivity contribution is 0.372. The second-order valence-corrected chi connectivity index (χ2v) is 3.69. The van der Waals surface area contributed by atoms with E-state index in [-0.39, 0.29) is 11.3 Å². The van der Waals surface area contributed by atoms with E-state index >= 15 is 0 Å².